The van der Waals surface area contributed by atoms with Gasteiger partial charge in [-0.15, -0.1) is 0 Å². The van der Waals surface area contributed by atoms with Crippen molar-refractivity contribution in [3.63, 3.8) is 0 Å². The number of hydrogen-bond acceptors (Lipinski definition) is 13. The maximum Gasteiger partial charge on any atom is 0.297 e. The summed E-state index contributed by atoms with van der Waals surface area (Å²) in [7, 11) is -3.19. The first kappa shape index (κ1) is 43.6. The van der Waals surface area contributed by atoms with Crippen molar-refractivity contribution in [2.45, 2.75) is 44.0 Å². The lowest BCUT2D eigenvalue weighted by Crippen LogP contribution is -2.47. The van der Waals surface area contributed by atoms with Gasteiger partial charge in [-0.25, -0.2) is 18.1 Å². The van der Waals surface area contributed by atoms with Gasteiger partial charge < -0.3 is 29.4 Å². The maximum absolute atomic E-state index is 14.1. The zero-order valence-electron chi connectivity index (χ0n) is 36.0. The number of halogens is 1. The molecule has 0 saturated carbocycles. The molecule has 336 valence electrons. The maximum atomic E-state index is 14.1. The molecule has 0 spiro atoms. The SMILES string of the molecule is COc1ccc([C@@H]2COc3cc(S(=O)(=O)NC(=O)c4ccc(N5CCN(CC6=C(c7ccc(Cl)cc7)CC(C)(C)CC6)CC5)cc4Oc4cnc5[nH]ccc5c4)cc([N+](=O)[O-])c3N2)nc1. The minimum absolute atomic E-state index is 0.00727. The lowest BCUT2D eigenvalue weighted by atomic mass is 9.72. The van der Waals surface area contributed by atoms with E-state index in [0.29, 0.717) is 35.9 Å². The Balaban J connectivity index is 0.950. The number of carbonyl (C=O) groups excluding carboxylic acids is 1. The summed E-state index contributed by atoms with van der Waals surface area (Å²) in [6, 6.07) is 21.6. The first-order valence-electron chi connectivity index (χ1n) is 21.2. The smallest absolute Gasteiger partial charge is 0.297 e. The number of sulfonamides is 1. The van der Waals surface area contributed by atoms with Gasteiger partial charge >= 0.3 is 0 Å². The van der Waals surface area contributed by atoms with E-state index in [1.807, 2.05) is 18.2 Å². The number of rotatable bonds is 12. The zero-order chi connectivity index (χ0) is 45.5. The number of nitro groups is 1. The fraction of sp³-hybridized carbons (Fsp3) is 0.298. The number of nitro benzene ring substituents is 1. The largest absolute Gasteiger partial charge is 0.495 e. The number of allylic oxidation sites excluding steroid dienone is 1. The Hall–Kier alpha value is -6.69. The van der Waals surface area contributed by atoms with Gasteiger partial charge in [0.05, 0.1) is 40.6 Å². The van der Waals surface area contributed by atoms with E-state index < -0.39 is 37.5 Å². The summed E-state index contributed by atoms with van der Waals surface area (Å²) in [4.78, 5) is 41.6. The molecule has 3 aliphatic rings. The molecule has 65 heavy (non-hydrogen) atoms. The molecule has 0 unspecified atom stereocenters. The lowest BCUT2D eigenvalue weighted by molar-refractivity contribution is -0.384. The highest BCUT2D eigenvalue weighted by Crippen LogP contribution is 2.45. The van der Waals surface area contributed by atoms with Crippen LogP contribution in [-0.2, 0) is 10.0 Å². The molecule has 6 aromatic rings. The molecule has 1 saturated heterocycles. The van der Waals surface area contributed by atoms with Crippen LogP contribution in [0.4, 0.5) is 17.1 Å². The molecule has 1 fully saturated rings. The molecule has 2 aliphatic heterocycles. The number of H-pyrrole nitrogens is 1. The normalized spacial score (nSPS) is 17.5. The van der Waals surface area contributed by atoms with Crippen molar-refractivity contribution in [1.82, 2.24) is 24.6 Å². The number of carbonyl (C=O) groups is 1. The molecular weight excluding hydrogens is 872 g/mol. The van der Waals surface area contributed by atoms with Gasteiger partial charge in [-0.1, -0.05) is 43.2 Å². The van der Waals surface area contributed by atoms with Gasteiger partial charge in [-0.2, -0.15) is 0 Å². The number of benzene rings is 3. The number of aromatic nitrogens is 3. The Kier molecular flexibility index (Phi) is 11.9. The fourth-order valence-corrected chi connectivity index (χ4v) is 9.74. The first-order chi connectivity index (χ1) is 31.2. The average Bonchev–Trinajstić information content (AvgIpc) is 3.77. The van der Waals surface area contributed by atoms with E-state index in [1.165, 1.54) is 42.3 Å². The summed E-state index contributed by atoms with van der Waals surface area (Å²) in [5.74, 6) is -0.115. The number of hydrogen-bond donors (Lipinski definition) is 3. The third-order valence-electron chi connectivity index (χ3n) is 12.2. The lowest BCUT2D eigenvalue weighted by Gasteiger charge is -2.39. The first-order valence-corrected chi connectivity index (χ1v) is 23.1. The summed E-state index contributed by atoms with van der Waals surface area (Å²) < 4.78 is 47.3. The van der Waals surface area contributed by atoms with Crippen LogP contribution in [0.3, 0.4) is 0 Å². The van der Waals surface area contributed by atoms with Gasteiger partial charge in [0.1, 0.15) is 35.5 Å². The van der Waals surface area contributed by atoms with Gasteiger partial charge in [0.15, 0.2) is 11.4 Å². The van der Waals surface area contributed by atoms with Crippen LogP contribution in [0.1, 0.15) is 60.8 Å². The second kappa shape index (κ2) is 17.7. The number of ether oxygens (including phenoxy) is 3. The molecule has 3 aromatic carbocycles. The number of methoxy groups -OCH3 is 1. The number of piperazine rings is 1. The van der Waals surface area contributed by atoms with Crippen LogP contribution in [0.2, 0.25) is 5.02 Å². The number of aromatic amines is 1. The van der Waals surface area contributed by atoms with E-state index in [-0.39, 0.29) is 34.8 Å². The van der Waals surface area contributed by atoms with Crippen LogP contribution in [0.5, 0.6) is 23.0 Å². The van der Waals surface area contributed by atoms with Gasteiger partial charge in [-0.05, 0) is 84.3 Å². The number of pyridine rings is 2. The number of nitrogens with one attached hydrogen (secondary N) is 3. The van der Waals surface area contributed by atoms with Crippen molar-refractivity contribution < 1.29 is 32.3 Å². The van der Waals surface area contributed by atoms with Crippen LogP contribution in [0.15, 0.2) is 108 Å². The van der Waals surface area contributed by atoms with E-state index in [4.69, 9.17) is 25.8 Å². The molecule has 0 radical (unpaired) electrons. The van der Waals surface area contributed by atoms with E-state index in [9.17, 15) is 23.3 Å². The fourth-order valence-electron chi connectivity index (χ4n) is 8.62. The Bertz CT molecular complexity index is 2930. The van der Waals surface area contributed by atoms with Crippen LogP contribution in [0.25, 0.3) is 16.6 Å². The second-order valence-corrected chi connectivity index (χ2v) is 19.3. The van der Waals surface area contributed by atoms with Crippen LogP contribution < -0.4 is 29.1 Å². The van der Waals surface area contributed by atoms with E-state index in [1.54, 1.807) is 36.5 Å². The molecule has 9 rings (SSSR count). The van der Waals surface area contributed by atoms with Crippen LogP contribution in [-0.4, -0.2) is 85.5 Å². The van der Waals surface area contributed by atoms with Crippen molar-refractivity contribution in [3.05, 3.63) is 135 Å². The molecule has 1 aliphatic carbocycles. The minimum Gasteiger partial charge on any atom is -0.495 e. The topological polar surface area (TPSA) is 194 Å². The minimum atomic E-state index is -4.70. The summed E-state index contributed by atoms with van der Waals surface area (Å²) in [6.07, 6.45) is 7.93. The number of fused-ring (bicyclic) bond motifs is 2. The highest BCUT2D eigenvalue weighted by molar-refractivity contribution is 7.90. The summed E-state index contributed by atoms with van der Waals surface area (Å²) in [5.41, 5.74) is 5.60. The van der Waals surface area contributed by atoms with Gasteiger partial charge in [-0.3, -0.25) is 24.8 Å². The van der Waals surface area contributed by atoms with Gasteiger partial charge in [0.2, 0.25) is 0 Å². The standard InChI is InChI=1S/C47H47ClN8O8S/c1-47(2)14-12-31(38(24-47)29-4-6-32(48)7-5-29)27-54-16-18-55(19-17-54)33-8-10-37(42(21-33)64-35-20-30-13-15-49-45(30)51-26-35)46(57)53-65(60,61)36-22-41(56(58)59)44-43(23-36)63-28-40(52-44)39-11-9-34(62-3)25-50-39/h4-11,13,15,20-23,25-26,40,52H,12,14,16-19,24,27-28H2,1-3H3,(H,49,51)(H,53,57)/t40-/m0/s1. The van der Waals surface area contributed by atoms with Crippen molar-refractivity contribution >= 4 is 61.2 Å². The number of anilines is 2. The van der Waals surface area contributed by atoms with Gasteiger partial charge in [0, 0.05) is 73.2 Å². The molecule has 16 nitrogen and oxygen atoms in total. The van der Waals surface area contributed by atoms with Crippen LogP contribution in [0, 0.1) is 15.5 Å². The predicted molar refractivity (Wildman–Crippen MR) is 248 cm³/mol. The Morgan fingerprint density at radius 3 is 2.52 bits per heavy atom. The third kappa shape index (κ3) is 9.44. The van der Waals surface area contributed by atoms with Gasteiger partial charge in [0.25, 0.3) is 21.6 Å². The van der Waals surface area contributed by atoms with Crippen molar-refractivity contribution in [3.8, 4) is 23.0 Å². The van der Waals surface area contributed by atoms with Crippen molar-refractivity contribution in [1.29, 1.82) is 0 Å². The van der Waals surface area contributed by atoms with E-state index in [0.717, 1.165) is 67.1 Å². The van der Waals surface area contributed by atoms with Crippen molar-refractivity contribution in [2.75, 3.05) is 56.7 Å². The number of nitrogens with zero attached hydrogens (tertiary/aromatic N) is 5. The molecule has 1 atom stereocenters. The quantitative estimate of drug-likeness (QED) is 0.0780. The average molecular weight is 919 g/mol. The summed E-state index contributed by atoms with van der Waals surface area (Å²) >= 11 is 6.25. The third-order valence-corrected chi connectivity index (χ3v) is 13.8. The highest BCUT2D eigenvalue weighted by Gasteiger charge is 2.34. The Morgan fingerprint density at radius 1 is 1.00 bits per heavy atom. The Morgan fingerprint density at radius 2 is 1.78 bits per heavy atom. The summed E-state index contributed by atoms with van der Waals surface area (Å²) in [6.45, 7) is 8.53. The molecule has 3 N–H and O–H groups in total. The van der Waals surface area contributed by atoms with Crippen LogP contribution >= 0.6 is 11.6 Å². The predicted octanol–water partition coefficient (Wildman–Crippen LogP) is 8.77. The molecular formula is C47H47ClN8O8S. The zero-order valence-corrected chi connectivity index (χ0v) is 37.5. The molecule has 3 aromatic heterocycles. The number of amides is 1. The highest BCUT2D eigenvalue weighted by atomic mass is 35.5. The monoisotopic (exact) mass is 918 g/mol. The second-order valence-electron chi connectivity index (χ2n) is 17.2. The molecule has 5 heterocycles. The Labute approximate surface area is 380 Å². The van der Waals surface area contributed by atoms with E-state index >= 15 is 0 Å². The molecule has 1 amide bonds. The molecule has 18 heteroatoms. The van der Waals surface area contributed by atoms with Crippen molar-refractivity contribution in [2.24, 2.45) is 5.41 Å². The van der Waals surface area contributed by atoms with E-state index in [2.05, 4.69) is 60.8 Å². The molecule has 0 bridgehead atoms. The summed E-state index contributed by atoms with van der Waals surface area (Å²) in [5, 5.41) is 16.9.